The van der Waals surface area contributed by atoms with Gasteiger partial charge in [0.1, 0.15) is 12.6 Å². The number of hydroxylamine groups is 2. The van der Waals surface area contributed by atoms with E-state index in [0.29, 0.717) is 12.5 Å². The summed E-state index contributed by atoms with van der Waals surface area (Å²) in [5, 5.41) is 3.56. The van der Waals surface area contributed by atoms with Crippen molar-refractivity contribution in [3.63, 3.8) is 0 Å². The number of likely N-dealkylation sites (N-methyl/N-ethyl adjacent to an activating group) is 1. The van der Waals surface area contributed by atoms with E-state index in [4.69, 9.17) is 14.0 Å². The van der Waals surface area contributed by atoms with Crippen molar-refractivity contribution in [2.45, 2.75) is 57.8 Å². The Morgan fingerprint density at radius 3 is 2.35 bits per heavy atom. The zero-order chi connectivity index (χ0) is 20.1. The summed E-state index contributed by atoms with van der Waals surface area (Å²) in [6, 6.07) is 0. The Morgan fingerprint density at radius 2 is 1.88 bits per heavy atom. The van der Waals surface area contributed by atoms with Gasteiger partial charge in [-0.1, -0.05) is 27.4 Å². The van der Waals surface area contributed by atoms with Crippen LogP contribution in [0, 0.1) is 5.92 Å². The number of carbonyl (C=O) groups excluding carboxylic acids is 2. The minimum absolute atomic E-state index is 0.0673. The number of nitrogens with zero attached hydrogens (tertiary/aromatic N) is 1. The molecule has 7 nitrogen and oxygen atoms in total. The van der Waals surface area contributed by atoms with Crippen molar-refractivity contribution in [2.24, 2.45) is 5.92 Å². The SMILES string of the molecule is C=C(C1CC1)C(CO[Si](C)(C)C(C)(C)C)OC(=O)NCC(=O)N(C)OC. The van der Waals surface area contributed by atoms with Crippen molar-refractivity contribution in [2.75, 3.05) is 27.3 Å². The first-order chi connectivity index (χ1) is 11.9. The average Bonchev–Trinajstić information content (AvgIpc) is 3.38. The molecular formula is C18H34N2O5Si. The molecule has 1 unspecified atom stereocenters. The van der Waals surface area contributed by atoms with Crippen molar-refractivity contribution in [3.05, 3.63) is 12.2 Å². The molecule has 26 heavy (non-hydrogen) atoms. The quantitative estimate of drug-likeness (QED) is 0.374. The molecule has 0 aliphatic heterocycles. The Balaban J connectivity index is 2.62. The number of ether oxygens (including phenoxy) is 1. The molecule has 0 spiro atoms. The van der Waals surface area contributed by atoms with Gasteiger partial charge in [0.15, 0.2) is 8.32 Å². The minimum Gasteiger partial charge on any atom is -0.439 e. The van der Waals surface area contributed by atoms with Crippen molar-refractivity contribution >= 4 is 20.3 Å². The molecule has 0 radical (unpaired) electrons. The number of hydrogen-bond acceptors (Lipinski definition) is 5. The van der Waals surface area contributed by atoms with Crippen LogP contribution in [0.2, 0.25) is 18.1 Å². The highest BCUT2D eigenvalue weighted by Crippen LogP contribution is 2.40. The summed E-state index contributed by atoms with van der Waals surface area (Å²) in [6.45, 7) is 15.0. The maximum absolute atomic E-state index is 12.1. The minimum atomic E-state index is -1.97. The fourth-order valence-electron chi connectivity index (χ4n) is 1.97. The van der Waals surface area contributed by atoms with Gasteiger partial charge in [0.05, 0.1) is 13.7 Å². The van der Waals surface area contributed by atoms with Crippen molar-refractivity contribution in [1.82, 2.24) is 10.4 Å². The first-order valence-electron chi connectivity index (χ1n) is 8.97. The summed E-state index contributed by atoms with van der Waals surface area (Å²) in [4.78, 5) is 28.6. The molecule has 1 fully saturated rings. The van der Waals surface area contributed by atoms with Gasteiger partial charge >= 0.3 is 6.09 Å². The molecule has 1 aliphatic rings. The number of hydrogen-bond donors (Lipinski definition) is 1. The number of amides is 2. The Kier molecular flexibility index (Phi) is 7.85. The van der Waals surface area contributed by atoms with E-state index >= 15 is 0 Å². The van der Waals surface area contributed by atoms with Crippen LogP contribution < -0.4 is 5.32 Å². The Bertz CT molecular complexity index is 526. The average molecular weight is 387 g/mol. The van der Waals surface area contributed by atoms with E-state index in [-0.39, 0.29) is 17.5 Å². The van der Waals surface area contributed by atoms with Crippen molar-refractivity contribution in [1.29, 1.82) is 0 Å². The highest BCUT2D eigenvalue weighted by molar-refractivity contribution is 6.74. The Labute approximate surface area is 158 Å². The number of alkyl carbamates (subject to hydrolysis) is 1. The largest absolute Gasteiger partial charge is 0.439 e. The van der Waals surface area contributed by atoms with Crippen LogP contribution in [0.15, 0.2) is 12.2 Å². The van der Waals surface area contributed by atoms with Crippen LogP contribution in [0.5, 0.6) is 0 Å². The van der Waals surface area contributed by atoms with Crippen LogP contribution in [-0.2, 0) is 18.8 Å². The third kappa shape index (κ3) is 6.73. The predicted octanol–water partition coefficient (Wildman–Crippen LogP) is 3.09. The maximum Gasteiger partial charge on any atom is 0.408 e. The summed E-state index contributed by atoms with van der Waals surface area (Å²) < 4.78 is 11.7. The van der Waals surface area contributed by atoms with Gasteiger partial charge in [-0.3, -0.25) is 9.63 Å². The molecule has 0 heterocycles. The fraction of sp³-hybridized carbons (Fsp3) is 0.778. The molecular weight excluding hydrogens is 352 g/mol. The zero-order valence-electron chi connectivity index (χ0n) is 17.2. The van der Waals surface area contributed by atoms with E-state index < -0.39 is 20.5 Å². The Morgan fingerprint density at radius 1 is 1.31 bits per heavy atom. The summed E-state index contributed by atoms with van der Waals surface area (Å²) in [5.74, 6) is 0.0108. The van der Waals surface area contributed by atoms with Gasteiger partial charge in [0, 0.05) is 7.05 Å². The van der Waals surface area contributed by atoms with E-state index in [1.54, 1.807) is 0 Å². The Hall–Kier alpha value is -1.38. The molecule has 0 saturated heterocycles. The lowest BCUT2D eigenvalue weighted by atomic mass is 10.1. The van der Waals surface area contributed by atoms with Crippen LogP contribution in [0.25, 0.3) is 0 Å². The second kappa shape index (κ2) is 9.01. The number of nitrogens with one attached hydrogen (secondary N) is 1. The lowest BCUT2D eigenvalue weighted by Crippen LogP contribution is -2.44. The molecule has 1 N–H and O–H groups in total. The highest BCUT2D eigenvalue weighted by atomic mass is 28.4. The molecule has 0 aromatic carbocycles. The third-order valence-corrected chi connectivity index (χ3v) is 9.68. The van der Waals surface area contributed by atoms with Crippen molar-refractivity contribution < 1.29 is 23.6 Å². The van der Waals surface area contributed by atoms with Crippen LogP contribution in [0.1, 0.15) is 33.6 Å². The number of carbonyl (C=O) groups is 2. The molecule has 8 heteroatoms. The first kappa shape index (κ1) is 22.7. The van der Waals surface area contributed by atoms with Gasteiger partial charge < -0.3 is 14.5 Å². The van der Waals surface area contributed by atoms with E-state index in [1.807, 2.05) is 0 Å². The molecule has 2 amide bonds. The predicted molar refractivity (Wildman–Crippen MR) is 103 cm³/mol. The van der Waals surface area contributed by atoms with Crippen LogP contribution in [0.3, 0.4) is 0 Å². The normalized spacial score (nSPS) is 16.0. The summed E-state index contributed by atoms with van der Waals surface area (Å²) in [5.41, 5.74) is 0.888. The van der Waals surface area contributed by atoms with E-state index in [2.05, 4.69) is 45.8 Å². The van der Waals surface area contributed by atoms with E-state index in [9.17, 15) is 9.59 Å². The number of rotatable bonds is 9. The lowest BCUT2D eigenvalue weighted by Gasteiger charge is -2.37. The van der Waals surface area contributed by atoms with Crippen LogP contribution >= 0.6 is 0 Å². The molecule has 1 atom stereocenters. The monoisotopic (exact) mass is 386 g/mol. The molecule has 0 aromatic heterocycles. The van der Waals surface area contributed by atoms with Gasteiger partial charge in [-0.25, -0.2) is 9.86 Å². The van der Waals surface area contributed by atoms with Gasteiger partial charge in [0.25, 0.3) is 5.91 Å². The third-order valence-electron chi connectivity index (χ3n) is 5.18. The van der Waals surface area contributed by atoms with Crippen LogP contribution in [-0.4, -0.2) is 58.8 Å². The fourth-order valence-corrected chi connectivity index (χ4v) is 2.97. The second-order valence-electron chi connectivity index (χ2n) is 8.24. The van der Waals surface area contributed by atoms with Gasteiger partial charge in [-0.15, -0.1) is 0 Å². The summed E-state index contributed by atoms with van der Waals surface area (Å²) in [7, 11) is 0.886. The second-order valence-corrected chi connectivity index (χ2v) is 13.1. The van der Waals surface area contributed by atoms with Crippen LogP contribution in [0.4, 0.5) is 4.79 Å². The standard InChI is InChI=1S/C18H34N2O5Si/c1-13(14-9-10-14)15(12-24-26(7,8)18(2,3)4)25-17(22)19-11-16(21)20(5)23-6/h14-15H,1,9-12H2,2-8H3,(H,19,22). The molecule has 1 saturated carbocycles. The molecule has 0 aromatic rings. The first-order valence-corrected chi connectivity index (χ1v) is 11.9. The topological polar surface area (TPSA) is 77.1 Å². The van der Waals surface area contributed by atoms with Gasteiger partial charge in [-0.05, 0) is 42.5 Å². The summed E-state index contributed by atoms with van der Waals surface area (Å²) in [6.07, 6.45) is 0.968. The lowest BCUT2D eigenvalue weighted by molar-refractivity contribution is -0.167. The molecule has 1 aliphatic carbocycles. The molecule has 0 bridgehead atoms. The zero-order valence-corrected chi connectivity index (χ0v) is 18.2. The van der Waals surface area contributed by atoms with E-state index in [0.717, 1.165) is 23.5 Å². The summed E-state index contributed by atoms with van der Waals surface area (Å²) >= 11 is 0. The highest BCUT2D eigenvalue weighted by Gasteiger charge is 2.39. The molecule has 150 valence electrons. The van der Waals surface area contributed by atoms with Gasteiger partial charge in [0.2, 0.25) is 0 Å². The molecule has 1 rings (SSSR count). The van der Waals surface area contributed by atoms with E-state index in [1.165, 1.54) is 14.2 Å². The van der Waals surface area contributed by atoms with Gasteiger partial charge in [-0.2, -0.15) is 0 Å². The maximum atomic E-state index is 12.1. The van der Waals surface area contributed by atoms with Crippen molar-refractivity contribution in [3.8, 4) is 0 Å². The smallest absolute Gasteiger partial charge is 0.408 e.